The molecule has 1 aliphatic carbocycles. The summed E-state index contributed by atoms with van der Waals surface area (Å²) in [5.41, 5.74) is -0.216. The van der Waals surface area contributed by atoms with Crippen LogP contribution in [0.25, 0.3) is 0 Å². The van der Waals surface area contributed by atoms with E-state index in [-0.39, 0.29) is 5.41 Å². The number of halogens is 1. The van der Waals surface area contributed by atoms with Gasteiger partial charge in [-0.15, -0.1) is 0 Å². The van der Waals surface area contributed by atoms with E-state index in [0.717, 1.165) is 25.0 Å². The normalized spacial score (nSPS) is 29.7. The Morgan fingerprint density at radius 1 is 1.47 bits per heavy atom. The maximum absolute atomic E-state index is 10.8. The summed E-state index contributed by atoms with van der Waals surface area (Å²) in [6, 6.07) is 0. The van der Waals surface area contributed by atoms with Gasteiger partial charge in [0.1, 0.15) is 5.60 Å². The van der Waals surface area contributed by atoms with Crippen molar-refractivity contribution in [3.8, 4) is 0 Å². The third-order valence-corrected chi connectivity index (χ3v) is 4.02. The lowest BCUT2D eigenvalue weighted by Crippen LogP contribution is -2.39. The molecule has 1 aromatic rings. The summed E-state index contributed by atoms with van der Waals surface area (Å²) in [4.78, 5) is 0. The van der Waals surface area contributed by atoms with Gasteiger partial charge in [0.25, 0.3) is 0 Å². The smallest absolute Gasteiger partial charge is 0.113 e. The van der Waals surface area contributed by atoms with Gasteiger partial charge in [0.2, 0.25) is 0 Å². The second-order valence-corrected chi connectivity index (χ2v) is 5.47. The Labute approximate surface area is 95.0 Å². The number of aromatic nitrogens is 2. The van der Waals surface area contributed by atoms with Crippen LogP contribution < -0.4 is 0 Å². The quantitative estimate of drug-likeness (QED) is 0.802. The molecule has 0 aromatic carbocycles. The molecule has 0 bridgehead atoms. The largest absolute Gasteiger partial charge is 0.383 e. The van der Waals surface area contributed by atoms with Crippen LogP contribution in [0.5, 0.6) is 0 Å². The first-order valence-corrected chi connectivity index (χ1v) is 5.67. The summed E-state index contributed by atoms with van der Waals surface area (Å²) in [6.45, 7) is 4.17. The van der Waals surface area contributed by atoms with E-state index in [1.54, 1.807) is 10.9 Å². The zero-order valence-electron chi connectivity index (χ0n) is 9.42. The average molecular weight is 229 g/mol. The predicted octanol–water partition coefficient (Wildman–Crippen LogP) is 2.47. The molecule has 0 spiro atoms. The van der Waals surface area contributed by atoms with Gasteiger partial charge in [-0.1, -0.05) is 25.4 Å². The van der Waals surface area contributed by atoms with Crippen molar-refractivity contribution in [2.24, 2.45) is 12.5 Å². The highest BCUT2D eigenvalue weighted by molar-refractivity contribution is 6.31. The molecule has 4 heteroatoms. The summed E-state index contributed by atoms with van der Waals surface area (Å²) < 4.78 is 1.69. The van der Waals surface area contributed by atoms with E-state index in [2.05, 4.69) is 18.9 Å². The Morgan fingerprint density at radius 3 is 2.53 bits per heavy atom. The van der Waals surface area contributed by atoms with Crippen LogP contribution >= 0.6 is 11.6 Å². The van der Waals surface area contributed by atoms with E-state index in [9.17, 15) is 5.11 Å². The minimum absolute atomic E-state index is 0.134. The Balaban J connectivity index is 2.55. The zero-order valence-corrected chi connectivity index (χ0v) is 10.2. The van der Waals surface area contributed by atoms with E-state index < -0.39 is 5.60 Å². The van der Waals surface area contributed by atoms with Gasteiger partial charge in [-0.05, 0) is 24.7 Å². The molecule has 1 aromatic heterocycles. The van der Waals surface area contributed by atoms with Crippen molar-refractivity contribution < 1.29 is 5.11 Å². The number of nitrogens with zero attached hydrogens (tertiary/aromatic N) is 2. The molecule has 0 aliphatic heterocycles. The highest BCUT2D eigenvalue weighted by Crippen LogP contribution is 2.53. The first-order chi connectivity index (χ1) is 6.88. The van der Waals surface area contributed by atoms with Crippen molar-refractivity contribution in [3.63, 3.8) is 0 Å². The van der Waals surface area contributed by atoms with Crippen molar-refractivity contribution in [3.05, 3.63) is 16.9 Å². The molecule has 1 aliphatic rings. The maximum atomic E-state index is 10.8. The van der Waals surface area contributed by atoms with Crippen molar-refractivity contribution >= 4 is 11.6 Å². The topological polar surface area (TPSA) is 38.0 Å². The molecule has 1 unspecified atom stereocenters. The molecule has 2 rings (SSSR count). The fourth-order valence-corrected chi connectivity index (χ4v) is 2.97. The van der Waals surface area contributed by atoms with Gasteiger partial charge in [-0.25, -0.2) is 0 Å². The van der Waals surface area contributed by atoms with Crippen LogP contribution in [-0.2, 0) is 12.6 Å². The minimum Gasteiger partial charge on any atom is -0.383 e. The van der Waals surface area contributed by atoms with E-state index >= 15 is 0 Å². The Kier molecular flexibility index (Phi) is 2.36. The number of hydrogen-bond donors (Lipinski definition) is 1. The highest BCUT2D eigenvalue weighted by atomic mass is 35.5. The summed E-state index contributed by atoms with van der Waals surface area (Å²) >= 11 is 6.10. The summed E-state index contributed by atoms with van der Waals surface area (Å²) in [5, 5.41) is 15.5. The third-order valence-electron chi connectivity index (χ3n) is 3.75. The molecule has 1 fully saturated rings. The standard InChI is InChI=1S/C11H17ClN2O/c1-10(2)5-4-6-11(10,15)9-8(12)7-13-14(9)3/h7,15H,4-6H2,1-3H3. The molecule has 1 atom stereocenters. The van der Waals surface area contributed by atoms with Gasteiger partial charge in [0.05, 0.1) is 16.9 Å². The lowest BCUT2D eigenvalue weighted by atomic mass is 9.75. The van der Waals surface area contributed by atoms with Gasteiger partial charge < -0.3 is 5.11 Å². The van der Waals surface area contributed by atoms with Gasteiger partial charge in [0, 0.05) is 7.05 Å². The lowest BCUT2D eigenvalue weighted by Gasteiger charge is -2.37. The van der Waals surface area contributed by atoms with E-state index in [4.69, 9.17) is 11.6 Å². The summed E-state index contributed by atoms with van der Waals surface area (Å²) in [5.74, 6) is 0. The fourth-order valence-electron chi connectivity index (χ4n) is 2.65. The number of rotatable bonds is 1. The van der Waals surface area contributed by atoms with Crippen molar-refractivity contribution in [1.29, 1.82) is 0 Å². The average Bonchev–Trinajstić information content (AvgIpc) is 2.56. The van der Waals surface area contributed by atoms with Crippen LogP contribution in [0.1, 0.15) is 38.8 Å². The van der Waals surface area contributed by atoms with Crippen LogP contribution in [0, 0.1) is 5.41 Å². The van der Waals surface area contributed by atoms with Gasteiger partial charge in [-0.2, -0.15) is 5.10 Å². The van der Waals surface area contributed by atoms with Crippen LogP contribution in [0.2, 0.25) is 5.02 Å². The SMILES string of the molecule is Cn1ncc(Cl)c1C1(O)CCCC1(C)C. The predicted molar refractivity (Wildman–Crippen MR) is 59.7 cm³/mol. The second kappa shape index (κ2) is 3.22. The number of aryl methyl sites for hydroxylation is 1. The van der Waals surface area contributed by atoms with Crippen molar-refractivity contribution in [2.75, 3.05) is 0 Å². The van der Waals surface area contributed by atoms with Crippen LogP contribution in [0.4, 0.5) is 0 Å². The second-order valence-electron chi connectivity index (χ2n) is 5.06. The van der Waals surface area contributed by atoms with Gasteiger partial charge in [-0.3, -0.25) is 4.68 Å². The van der Waals surface area contributed by atoms with Crippen molar-refractivity contribution in [1.82, 2.24) is 9.78 Å². The third kappa shape index (κ3) is 1.41. The van der Waals surface area contributed by atoms with E-state index in [1.807, 2.05) is 7.05 Å². The lowest BCUT2D eigenvalue weighted by molar-refractivity contribution is -0.0549. The van der Waals surface area contributed by atoms with E-state index in [1.165, 1.54) is 0 Å². The fraction of sp³-hybridized carbons (Fsp3) is 0.727. The Hall–Kier alpha value is -0.540. The number of hydrogen-bond acceptors (Lipinski definition) is 2. The summed E-state index contributed by atoms with van der Waals surface area (Å²) in [7, 11) is 1.83. The molecule has 15 heavy (non-hydrogen) atoms. The molecular weight excluding hydrogens is 212 g/mol. The first kappa shape index (κ1) is 11.0. The monoisotopic (exact) mass is 228 g/mol. The molecule has 3 nitrogen and oxygen atoms in total. The van der Waals surface area contributed by atoms with Crippen molar-refractivity contribution in [2.45, 2.75) is 38.7 Å². The molecule has 1 N–H and O–H groups in total. The van der Waals surface area contributed by atoms with Gasteiger partial charge >= 0.3 is 0 Å². The molecule has 1 saturated carbocycles. The summed E-state index contributed by atoms with van der Waals surface area (Å²) in [6.07, 6.45) is 4.42. The number of aliphatic hydroxyl groups is 1. The Morgan fingerprint density at radius 2 is 2.13 bits per heavy atom. The zero-order chi connectivity index (χ0) is 11.3. The molecule has 84 valence electrons. The molecule has 1 heterocycles. The minimum atomic E-state index is -0.838. The Bertz CT molecular complexity index is 366. The molecule has 0 radical (unpaired) electrons. The maximum Gasteiger partial charge on any atom is 0.113 e. The molecular formula is C11H17ClN2O. The van der Waals surface area contributed by atoms with Gasteiger partial charge in [0.15, 0.2) is 0 Å². The molecule has 0 saturated heterocycles. The van der Waals surface area contributed by atoms with Crippen LogP contribution in [-0.4, -0.2) is 14.9 Å². The highest BCUT2D eigenvalue weighted by Gasteiger charge is 2.51. The van der Waals surface area contributed by atoms with Crippen LogP contribution in [0.3, 0.4) is 0 Å². The molecule has 0 amide bonds. The van der Waals surface area contributed by atoms with E-state index in [0.29, 0.717) is 5.02 Å². The van der Waals surface area contributed by atoms with Crippen LogP contribution in [0.15, 0.2) is 6.20 Å². The first-order valence-electron chi connectivity index (χ1n) is 5.29.